The molecule has 0 aromatic heterocycles. The zero-order valence-electron chi connectivity index (χ0n) is 18.2. The Morgan fingerprint density at radius 2 is 0.844 bits per heavy atom. The van der Waals surface area contributed by atoms with Crippen LogP contribution in [0.2, 0.25) is 0 Å². The van der Waals surface area contributed by atoms with Gasteiger partial charge in [0.05, 0.1) is 27.1 Å². The lowest BCUT2D eigenvalue weighted by Crippen LogP contribution is -2.04. The van der Waals surface area contributed by atoms with Crippen molar-refractivity contribution in [2.75, 3.05) is 14.2 Å². The molecule has 0 bridgehead atoms. The number of rotatable bonds is 10. The molecule has 6 heteroatoms. The molecule has 3 rings (SSSR count). The lowest BCUT2D eigenvalue weighted by Gasteiger charge is -2.09. The number of carbonyl (C=O) groups excluding carboxylic acids is 2. The van der Waals surface area contributed by atoms with Gasteiger partial charge in [0, 0.05) is 0 Å². The molecule has 0 fully saturated rings. The molecular formula is C26H26O6. The number of benzene rings is 3. The van der Waals surface area contributed by atoms with Gasteiger partial charge in [0.15, 0.2) is 0 Å². The minimum absolute atomic E-state index is 0.248. The average Bonchev–Trinajstić information content (AvgIpc) is 2.83. The van der Waals surface area contributed by atoms with Gasteiger partial charge in [0.25, 0.3) is 0 Å². The summed E-state index contributed by atoms with van der Waals surface area (Å²) in [7, 11) is 2.76. The van der Waals surface area contributed by atoms with Crippen LogP contribution in [0, 0.1) is 0 Å². The van der Waals surface area contributed by atoms with Crippen molar-refractivity contribution in [3.63, 3.8) is 0 Å². The predicted molar refractivity (Wildman–Crippen MR) is 119 cm³/mol. The molecule has 166 valence electrons. The van der Waals surface area contributed by atoms with Crippen LogP contribution < -0.4 is 9.47 Å². The summed E-state index contributed by atoms with van der Waals surface area (Å²) in [5.74, 6) is 0.944. The largest absolute Gasteiger partial charge is 0.489 e. The molecule has 0 aliphatic rings. The Morgan fingerprint density at radius 3 is 1.16 bits per heavy atom. The second kappa shape index (κ2) is 11.6. The van der Waals surface area contributed by atoms with E-state index in [0.717, 1.165) is 33.8 Å². The van der Waals surface area contributed by atoms with Gasteiger partial charge in [-0.1, -0.05) is 48.5 Å². The van der Waals surface area contributed by atoms with Crippen molar-refractivity contribution >= 4 is 11.9 Å². The first-order valence-electron chi connectivity index (χ1n) is 10.2. The van der Waals surface area contributed by atoms with Crippen LogP contribution in [-0.2, 0) is 45.1 Å². The van der Waals surface area contributed by atoms with Crippen molar-refractivity contribution in [1.82, 2.24) is 0 Å². The molecular weight excluding hydrogens is 408 g/mol. The number of esters is 2. The van der Waals surface area contributed by atoms with Crippen molar-refractivity contribution in [3.05, 3.63) is 95.1 Å². The summed E-state index contributed by atoms with van der Waals surface area (Å²) >= 11 is 0. The van der Waals surface area contributed by atoms with E-state index in [1.807, 2.05) is 72.8 Å². The lowest BCUT2D eigenvalue weighted by molar-refractivity contribution is -0.140. The van der Waals surface area contributed by atoms with Gasteiger partial charge in [-0.05, 0) is 46.5 Å². The van der Waals surface area contributed by atoms with Gasteiger partial charge in [-0.25, -0.2) is 0 Å². The summed E-state index contributed by atoms with van der Waals surface area (Å²) in [6.45, 7) is 0.887. The summed E-state index contributed by atoms with van der Waals surface area (Å²) in [6, 6.07) is 22.8. The minimum atomic E-state index is -0.265. The average molecular weight is 434 g/mol. The van der Waals surface area contributed by atoms with E-state index in [9.17, 15) is 9.59 Å². The minimum Gasteiger partial charge on any atom is -0.489 e. The summed E-state index contributed by atoms with van der Waals surface area (Å²) in [4.78, 5) is 22.6. The van der Waals surface area contributed by atoms with E-state index in [-0.39, 0.29) is 24.8 Å². The second-order valence-electron chi connectivity index (χ2n) is 7.19. The van der Waals surface area contributed by atoms with Gasteiger partial charge >= 0.3 is 11.9 Å². The first-order chi connectivity index (χ1) is 15.6. The van der Waals surface area contributed by atoms with Crippen LogP contribution in [0.4, 0.5) is 0 Å². The van der Waals surface area contributed by atoms with Gasteiger partial charge in [0.1, 0.15) is 24.7 Å². The monoisotopic (exact) mass is 434 g/mol. The standard InChI is InChI=1S/C26H26O6/c1-29-25(27)15-19-7-11-23(12-8-19)31-17-21-3-5-22(6-4-21)18-32-24-13-9-20(10-14-24)16-26(28)30-2/h3-14H,15-18H2,1-2H3. The molecule has 32 heavy (non-hydrogen) atoms. The summed E-state index contributed by atoms with van der Waals surface area (Å²) < 4.78 is 21.0. The van der Waals surface area contributed by atoms with Crippen molar-refractivity contribution in [3.8, 4) is 11.5 Å². The molecule has 0 radical (unpaired) electrons. The smallest absolute Gasteiger partial charge is 0.309 e. The Balaban J connectivity index is 1.45. The van der Waals surface area contributed by atoms with E-state index >= 15 is 0 Å². The van der Waals surface area contributed by atoms with Crippen LogP contribution in [0.15, 0.2) is 72.8 Å². The zero-order chi connectivity index (χ0) is 22.8. The lowest BCUT2D eigenvalue weighted by atomic mass is 10.1. The van der Waals surface area contributed by atoms with Gasteiger partial charge < -0.3 is 18.9 Å². The molecule has 0 unspecified atom stereocenters. The van der Waals surface area contributed by atoms with Gasteiger partial charge in [0.2, 0.25) is 0 Å². The molecule has 3 aromatic rings. The Bertz CT molecular complexity index is 923. The van der Waals surface area contributed by atoms with E-state index in [4.69, 9.17) is 9.47 Å². The normalized spacial score (nSPS) is 10.3. The third kappa shape index (κ3) is 7.16. The topological polar surface area (TPSA) is 71.1 Å². The van der Waals surface area contributed by atoms with Crippen LogP contribution in [0.25, 0.3) is 0 Å². The molecule has 0 amide bonds. The highest BCUT2D eigenvalue weighted by atomic mass is 16.5. The molecule has 6 nitrogen and oxygen atoms in total. The SMILES string of the molecule is COC(=O)Cc1ccc(OCc2ccc(COc3ccc(CC(=O)OC)cc3)cc2)cc1. The van der Waals surface area contributed by atoms with Crippen LogP contribution >= 0.6 is 0 Å². The molecule has 3 aromatic carbocycles. The Kier molecular flexibility index (Phi) is 8.26. The first-order valence-corrected chi connectivity index (χ1v) is 10.2. The molecule has 0 saturated heterocycles. The quantitative estimate of drug-likeness (QED) is 0.444. The van der Waals surface area contributed by atoms with Crippen LogP contribution in [-0.4, -0.2) is 26.2 Å². The summed E-state index contributed by atoms with van der Waals surface area (Å²) in [5, 5.41) is 0. The van der Waals surface area contributed by atoms with Crippen molar-refractivity contribution in [2.24, 2.45) is 0 Å². The number of hydrogen-bond donors (Lipinski definition) is 0. The third-order valence-electron chi connectivity index (χ3n) is 4.83. The molecule has 0 atom stereocenters. The third-order valence-corrected chi connectivity index (χ3v) is 4.83. The maximum atomic E-state index is 11.3. The number of carbonyl (C=O) groups is 2. The highest BCUT2D eigenvalue weighted by Gasteiger charge is 2.05. The molecule has 0 saturated carbocycles. The van der Waals surface area contributed by atoms with Crippen molar-refractivity contribution in [2.45, 2.75) is 26.1 Å². The fourth-order valence-electron chi connectivity index (χ4n) is 2.95. The van der Waals surface area contributed by atoms with Crippen LogP contribution in [0.5, 0.6) is 11.5 Å². The number of methoxy groups -OCH3 is 2. The van der Waals surface area contributed by atoms with E-state index in [1.54, 1.807) is 0 Å². The predicted octanol–water partition coefficient (Wildman–Crippen LogP) is 4.28. The highest BCUT2D eigenvalue weighted by molar-refractivity contribution is 5.72. The van der Waals surface area contributed by atoms with Gasteiger partial charge in [-0.15, -0.1) is 0 Å². The van der Waals surface area contributed by atoms with E-state index < -0.39 is 0 Å². The zero-order valence-corrected chi connectivity index (χ0v) is 18.2. The van der Waals surface area contributed by atoms with E-state index in [0.29, 0.717) is 13.2 Å². The van der Waals surface area contributed by atoms with E-state index in [1.165, 1.54) is 14.2 Å². The van der Waals surface area contributed by atoms with Gasteiger partial charge in [-0.3, -0.25) is 9.59 Å². The van der Waals surface area contributed by atoms with Crippen molar-refractivity contribution in [1.29, 1.82) is 0 Å². The molecule has 0 heterocycles. The number of ether oxygens (including phenoxy) is 4. The highest BCUT2D eigenvalue weighted by Crippen LogP contribution is 2.17. The molecule has 0 N–H and O–H groups in total. The fraction of sp³-hybridized carbons (Fsp3) is 0.231. The fourth-order valence-corrected chi connectivity index (χ4v) is 2.95. The summed E-state index contributed by atoms with van der Waals surface area (Å²) in [6.07, 6.45) is 0.496. The Labute approximate surface area is 187 Å². The van der Waals surface area contributed by atoms with Gasteiger partial charge in [-0.2, -0.15) is 0 Å². The Morgan fingerprint density at radius 1 is 0.531 bits per heavy atom. The van der Waals surface area contributed by atoms with Crippen LogP contribution in [0.3, 0.4) is 0 Å². The van der Waals surface area contributed by atoms with E-state index in [2.05, 4.69) is 9.47 Å². The molecule has 0 spiro atoms. The maximum Gasteiger partial charge on any atom is 0.309 e. The summed E-state index contributed by atoms with van der Waals surface area (Å²) in [5.41, 5.74) is 3.84. The second-order valence-corrected chi connectivity index (χ2v) is 7.19. The number of hydrogen-bond acceptors (Lipinski definition) is 6. The van der Waals surface area contributed by atoms with Crippen molar-refractivity contribution < 1.29 is 28.5 Å². The first kappa shape index (κ1) is 22.9. The molecule has 0 aliphatic heterocycles. The molecule has 0 aliphatic carbocycles. The Hall–Kier alpha value is -3.80. The maximum absolute atomic E-state index is 11.3. The van der Waals surface area contributed by atoms with Crippen LogP contribution in [0.1, 0.15) is 22.3 Å².